The Morgan fingerprint density at radius 3 is 2.43 bits per heavy atom. The van der Waals surface area contributed by atoms with Crippen molar-refractivity contribution in [2.24, 2.45) is 0 Å². The summed E-state index contributed by atoms with van der Waals surface area (Å²) in [5.74, 6) is 2.53. The molecule has 8 nitrogen and oxygen atoms in total. The van der Waals surface area contributed by atoms with Crippen molar-refractivity contribution in [2.75, 3.05) is 43.7 Å². The number of carbonyl (C=O) groups excluding carboxylic acids is 2. The molecule has 3 aromatic rings. The molecule has 3 aromatic carbocycles. The zero-order chi connectivity index (χ0) is 24.5. The van der Waals surface area contributed by atoms with Gasteiger partial charge in [0.15, 0.2) is 6.61 Å². The summed E-state index contributed by atoms with van der Waals surface area (Å²) in [4.78, 5) is 26.4. The summed E-state index contributed by atoms with van der Waals surface area (Å²) in [5, 5.41) is 2.88. The number of fused-ring (bicyclic) bond motifs is 1. The van der Waals surface area contributed by atoms with Gasteiger partial charge in [0.25, 0.3) is 5.91 Å². The molecule has 1 aliphatic rings. The van der Waals surface area contributed by atoms with Gasteiger partial charge in [0, 0.05) is 18.2 Å². The summed E-state index contributed by atoms with van der Waals surface area (Å²) in [6, 6.07) is 22.0. The molecule has 35 heavy (non-hydrogen) atoms. The Labute approximate surface area is 204 Å². The van der Waals surface area contributed by atoms with E-state index < -0.39 is 0 Å². The quantitative estimate of drug-likeness (QED) is 0.416. The number of hydrogen-bond acceptors (Lipinski definition) is 6. The molecular formula is C27H28N2O6. The van der Waals surface area contributed by atoms with Gasteiger partial charge in [0.05, 0.1) is 25.9 Å². The highest BCUT2D eigenvalue weighted by atomic mass is 16.5. The van der Waals surface area contributed by atoms with Gasteiger partial charge in [-0.15, -0.1) is 0 Å². The fourth-order valence-electron chi connectivity index (χ4n) is 3.62. The van der Waals surface area contributed by atoms with E-state index in [-0.39, 0.29) is 18.4 Å². The van der Waals surface area contributed by atoms with E-state index in [1.807, 2.05) is 54.6 Å². The maximum Gasteiger partial charge on any atom is 0.265 e. The van der Waals surface area contributed by atoms with E-state index in [2.05, 4.69) is 5.32 Å². The van der Waals surface area contributed by atoms with E-state index in [1.54, 1.807) is 30.2 Å². The van der Waals surface area contributed by atoms with Crippen molar-refractivity contribution in [3.05, 3.63) is 72.8 Å². The largest absolute Gasteiger partial charge is 0.497 e. The molecule has 0 fully saturated rings. The van der Waals surface area contributed by atoms with E-state index in [0.717, 1.165) is 17.2 Å². The molecule has 1 heterocycles. The van der Waals surface area contributed by atoms with Gasteiger partial charge in [0.2, 0.25) is 5.91 Å². The fourth-order valence-corrected chi connectivity index (χ4v) is 3.62. The van der Waals surface area contributed by atoms with E-state index in [4.69, 9.17) is 18.9 Å². The number of methoxy groups -OCH3 is 1. The first kappa shape index (κ1) is 23.9. The molecule has 0 radical (unpaired) electrons. The maximum atomic E-state index is 12.4. The van der Waals surface area contributed by atoms with E-state index in [9.17, 15) is 9.59 Å². The van der Waals surface area contributed by atoms with E-state index in [1.165, 1.54) is 0 Å². The number of nitrogens with one attached hydrogen (secondary N) is 1. The monoisotopic (exact) mass is 476 g/mol. The topological polar surface area (TPSA) is 86.3 Å². The Bertz CT molecular complexity index is 1130. The van der Waals surface area contributed by atoms with Crippen molar-refractivity contribution in [2.45, 2.75) is 12.8 Å². The van der Waals surface area contributed by atoms with Gasteiger partial charge >= 0.3 is 0 Å². The van der Waals surface area contributed by atoms with Crippen LogP contribution in [0.5, 0.6) is 23.0 Å². The Kier molecular flexibility index (Phi) is 8.06. The first-order chi connectivity index (χ1) is 17.1. The molecule has 0 atom stereocenters. The molecule has 0 saturated heterocycles. The van der Waals surface area contributed by atoms with Crippen molar-refractivity contribution in [1.82, 2.24) is 0 Å². The maximum absolute atomic E-state index is 12.4. The smallest absolute Gasteiger partial charge is 0.265 e. The lowest BCUT2D eigenvalue weighted by atomic mass is 10.2. The predicted octanol–water partition coefficient (Wildman–Crippen LogP) is 4.30. The standard InChI is InChI=1S/C27H28N2O6/c1-32-21-10-12-23(13-11-21)33-16-5-8-26(30)28-20-9-14-24-25(18-20)35-19-27(31)29(24)15-17-34-22-6-3-2-4-7-22/h2-4,6-7,9-14,18H,5,8,15-17,19H2,1H3,(H,28,30). The predicted molar refractivity (Wildman–Crippen MR) is 133 cm³/mol. The van der Waals surface area contributed by atoms with Crippen molar-refractivity contribution in [1.29, 1.82) is 0 Å². The van der Waals surface area contributed by atoms with Crippen LogP contribution in [0.15, 0.2) is 72.8 Å². The van der Waals surface area contributed by atoms with Gasteiger partial charge in [-0.2, -0.15) is 0 Å². The number of hydrogen-bond donors (Lipinski definition) is 1. The van der Waals surface area contributed by atoms with Crippen molar-refractivity contribution in [3.8, 4) is 23.0 Å². The Morgan fingerprint density at radius 2 is 1.66 bits per heavy atom. The van der Waals surface area contributed by atoms with Gasteiger partial charge in [0.1, 0.15) is 29.6 Å². The highest BCUT2D eigenvalue weighted by Gasteiger charge is 2.25. The molecule has 0 aliphatic carbocycles. The first-order valence-corrected chi connectivity index (χ1v) is 11.4. The number of nitrogens with zero attached hydrogens (tertiary/aromatic N) is 1. The summed E-state index contributed by atoms with van der Waals surface area (Å²) in [6.07, 6.45) is 0.887. The second-order valence-electron chi connectivity index (χ2n) is 7.85. The zero-order valence-corrected chi connectivity index (χ0v) is 19.6. The van der Waals surface area contributed by atoms with Crippen LogP contribution >= 0.6 is 0 Å². The van der Waals surface area contributed by atoms with Crippen LogP contribution in [0.4, 0.5) is 11.4 Å². The van der Waals surface area contributed by atoms with Crippen LogP contribution in [-0.4, -0.2) is 45.3 Å². The lowest BCUT2D eigenvalue weighted by Gasteiger charge is -2.29. The number of amides is 2. The molecule has 0 bridgehead atoms. The lowest BCUT2D eigenvalue weighted by Crippen LogP contribution is -2.41. The third-order valence-corrected chi connectivity index (χ3v) is 5.39. The summed E-state index contributed by atoms with van der Waals surface area (Å²) in [6.45, 7) is 1.11. The molecular weight excluding hydrogens is 448 g/mol. The van der Waals surface area contributed by atoms with Gasteiger partial charge in [-0.25, -0.2) is 0 Å². The fraction of sp³-hybridized carbons (Fsp3) is 0.259. The highest BCUT2D eigenvalue weighted by Crippen LogP contribution is 2.34. The third kappa shape index (κ3) is 6.66. The molecule has 0 unspecified atom stereocenters. The third-order valence-electron chi connectivity index (χ3n) is 5.39. The Morgan fingerprint density at radius 1 is 0.943 bits per heavy atom. The number of ether oxygens (including phenoxy) is 4. The number of benzene rings is 3. The van der Waals surface area contributed by atoms with Crippen LogP contribution in [0.2, 0.25) is 0 Å². The minimum Gasteiger partial charge on any atom is -0.497 e. The lowest BCUT2D eigenvalue weighted by molar-refractivity contribution is -0.121. The van der Waals surface area contributed by atoms with Crippen LogP contribution < -0.4 is 29.2 Å². The summed E-state index contributed by atoms with van der Waals surface area (Å²) in [7, 11) is 1.61. The highest BCUT2D eigenvalue weighted by molar-refractivity contribution is 5.99. The van der Waals surface area contributed by atoms with Gasteiger partial charge in [-0.05, 0) is 55.0 Å². The number of carbonyl (C=O) groups is 2. The summed E-state index contributed by atoms with van der Waals surface area (Å²) in [5.41, 5.74) is 1.27. The Balaban J connectivity index is 1.25. The average molecular weight is 477 g/mol. The second-order valence-corrected chi connectivity index (χ2v) is 7.85. The molecule has 1 N–H and O–H groups in total. The van der Waals surface area contributed by atoms with E-state index >= 15 is 0 Å². The van der Waals surface area contributed by atoms with Crippen molar-refractivity contribution >= 4 is 23.2 Å². The van der Waals surface area contributed by atoms with Crippen LogP contribution in [0.25, 0.3) is 0 Å². The Hall–Kier alpha value is -4.20. The molecule has 8 heteroatoms. The number of rotatable bonds is 11. The van der Waals surface area contributed by atoms with Crippen LogP contribution in [0.1, 0.15) is 12.8 Å². The normalized spacial score (nSPS) is 12.4. The minimum absolute atomic E-state index is 0.0571. The van der Waals surface area contributed by atoms with Crippen LogP contribution in [0.3, 0.4) is 0 Å². The van der Waals surface area contributed by atoms with E-state index in [0.29, 0.717) is 49.7 Å². The molecule has 0 spiro atoms. The first-order valence-electron chi connectivity index (χ1n) is 11.4. The van der Waals surface area contributed by atoms with Crippen molar-refractivity contribution < 1.29 is 28.5 Å². The molecule has 4 rings (SSSR count). The second kappa shape index (κ2) is 11.8. The van der Waals surface area contributed by atoms with Gasteiger partial charge < -0.3 is 29.2 Å². The number of anilines is 2. The molecule has 0 saturated carbocycles. The minimum atomic E-state index is -0.136. The van der Waals surface area contributed by atoms with Crippen LogP contribution in [-0.2, 0) is 9.59 Å². The van der Waals surface area contributed by atoms with Crippen LogP contribution in [0, 0.1) is 0 Å². The average Bonchev–Trinajstić information content (AvgIpc) is 2.89. The molecule has 2 amide bonds. The van der Waals surface area contributed by atoms with Gasteiger partial charge in [-0.1, -0.05) is 18.2 Å². The summed E-state index contributed by atoms with van der Waals surface area (Å²) >= 11 is 0. The molecule has 182 valence electrons. The molecule has 0 aromatic heterocycles. The van der Waals surface area contributed by atoms with Gasteiger partial charge in [-0.3, -0.25) is 9.59 Å². The summed E-state index contributed by atoms with van der Waals surface area (Å²) < 4.78 is 22.1. The van der Waals surface area contributed by atoms with Crippen molar-refractivity contribution in [3.63, 3.8) is 0 Å². The molecule has 1 aliphatic heterocycles. The SMILES string of the molecule is COc1ccc(OCCCC(=O)Nc2ccc3c(c2)OCC(=O)N3CCOc2ccccc2)cc1. The number of para-hydroxylation sites is 1. The zero-order valence-electron chi connectivity index (χ0n) is 19.6.